The second-order valence-electron chi connectivity index (χ2n) is 6.05. The van der Waals surface area contributed by atoms with Crippen molar-refractivity contribution in [1.29, 1.82) is 5.26 Å². The van der Waals surface area contributed by atoms with Crippen molar-refractivity contribution in [2.24, 2.45) is 5.73 Å². The molecule has 2 aliphatic rings. The first-order chi connectivity index (χ1) is 11.5. The molecule has 2 heterocycles. The van der Waals surface area contributed by atoms with Gasteiger partial charge in [-0.3, -0.25) is 9.48 Å². The number of carbonyl (C=O) groups excluding carboxylic acids is 1. The number of rotatable bonds is 3. The molecule has 0 spiro atoms. The third-order valence-corrected chi connectivity index (χ3v) is 4.87. The summed E-state index contributed by atoms with van der Waals surface area (Å²) < 4.78 is 7.37. The molecule has 1 aliphatic heterocycles. The fraction of sp³-hybridized carbons (Fsp3) is 0.471. The third kappa shape index (κ3) is 2.49. The number of Topliss-reactive ketones (excluding diaryl/α,β-unsaturated/α-hetero) is 1. The van der Waals surface area contributed by atoms with Gasteiger partial charge < -0.3 is 10.5 Å². The van der Waals surface area contributed by atoms with Crippen LogP contribution in [0.1, 0.15) is 49.9 Å². The maximum atomic E-state index is 12.6. The molecule has 1 aliphatic carbocycles. The molecule has 0 fully saturated rings. The van der Waals surface area contributed by atoms with Gasteiger partial charge in [-0.15, -0.1) is 0 Å². The van der Waals surface area contributed by atoms with Crippen LogP contribution in [0.15, 0.2) is 22.8 Å². The molecule has 1 atom stereocenters. The fourth-order valence-electron chi connectivity index (χ4n) is 3.37. The lowest BCUT2D eigenvalue weighted by atomic mass is 9.79. The summed E-state index contributed by atoms with van der Waals surface area (Å²) in [5.41, 5.74) is 8.03. The summed E-state index contributed by atoms with van der Waals surface area (Å²) in [6.45, 7) is 4.49. The summed E-state index contributed by atoms with van der Waals surface area (Å²) in [7, 11) is 0. The number of carbonyl (C=O) groups is 1. The Balaban J connectivity index is 2.26. The normalized spacial score (nSPS) is 20.8. The number of nitriles is 1. The lowest BCUT2D eigenvalue weighted by molar-refractivity contribution is -0.116. The number of halogens is 1. The molecule has 6 nitrogen and oxygen atoms in total. The summed E-state index contributed by atoms with van der Waals surface area (Å²) in [4.78, 5) is 12.6. The minimum atomic E-state index is -0.605. The monoisotopic (exact) mass is 346 g/mol. The zero-order valence-electron chi connectivity index (χ0n) is 13.7. The molecule has 7 heteroatoms. The van der Waals surface area contributed by atoms with Crippen LogP contribution in [0.5, 0.6) is 0 Å². The van der Waals surface area contributed by atoms with E-state index in [9.17, 15) is 10.1 Å². The van der Waals surface area contributed by atoms with Crippen molar-refractivity contribution < 1.29 is 9.53 Å². The highest BCUT2D eigenvalue weighted by Gasteiger charge is 2.41. The lowest BCUT2D eigenvalue weighted by Gasteiger charge is -2.31. The van der Waals surface area contributed by atoms with Gasteiger partial charge in [0, 0.05) is 25.0 Å². The van der Waals surface area contributed by atoms with E-state index in [1.54, 1.807) is 4.68 Å². The minimum absolute atomic E-state index is 0.0144. The van der Waals surface area contributed by atoms with Crippen LogP contribution in [0.25, 0.3) is 0 Å². The van der Waals surface area contributed by atoms with Crippen LogP contribution < -0.4 is 5.73 Å². The van der Waals surface area contributed by atoms with Gasteiger partial charge in [0.15, 0.2) is 5.78 Å². The summed E-state index contributed by atoms with van der Waals surface area (Å²) in [6, 6.07) is 2.11. The van der Waals surface area contributed by atoms with Crippen LogP contribution in [0.4, 0.5) is 0 Å². The molecule has 0 saturated carbocycles. The molecule has 0 unspecified atom stereocenters. The molecule has 3 rings (SSSR count). The molecular weight excluding hydrogens is 328 g/mol. The van der Waals surface area contributed by atoms with E-state index in [0.29, 0.717) is 47.1 Å². The standard InChI is InChI=1S/C17H19ClN4O2/c1-3-7-22-16(15(18)9(2)21-22)13-10(8-19)17(20)24-12-6-4-5-11(23)14(12)13/h13H,3-7,20H2,1-2H3/t13-/m1/s1. The number of aryl methyl sites for hydroxylation is 2. The van der Waals surface area contributed by atoms with Gasteiger partial charge in [-0.05, 0) is 19.8 Å². The van der Waals surface area contributed by atoms with E-state index in [2.05, 4.69) is 11.2 Å². The van der Waals surface area contributed by atoms with Gasteiger partial charge in [0.1, 0.15) is 17.4 Å². The van der Waals surface area contributed by atoms with Crippen molar-refractivity contribution in [1.82, 2.24) is 9.78 Å². The van der Waals surface area contributed by atoms with Gasteiger partial charge in [0.2, 0.25) is 5.88 Å². The molecule has 1 aromatic rings. The molecule has 2 N–H and O–H groups in total. The van der Waals surface area contributed by atoms with Crippen LogP contribution in [0.2, 0.25) is 5.02 Å². The summed E-state index contributed by atoms with van der Waals surface area (Å²) in [6.07, 6.45) is 2.65. The molecule has 0 amide bonds. The number of nitrogens with two attached hydrogens (primary N) is 1. The maximum absolute atomic E-state index is 12.6. The molecular formula is C17H19ClN4O2. The van der Waals surface area contributed by atoms with Gasteiger partial charge in [-0.1, -0.05) is 18.5 Å². The molecule has 126 valence electrons. The molecule has 24 heavy (non-hydrogen) atoms. The Morgan fingerprint density at radius 3 is 2.92 bits per heavy atom. The first-order valence-electron chi connectivity index (χ1n) is 8.06. The fourth-order valence-corrected chi connectivity index (χ4v) is 3.61. The zero-order chi connectivity index (χ0) is 17.4. The van der Waals surface area contributed by atoms with Crippen molar-refractivity contribution in [2.75, 3.05) is 0 Å². The van der Waals surface area contributed by atoms with Crippen LogP contribution in [0.3, 0.4) is 0 Å². The van der Waals surface area contributed by atoms with Crippen molar-refractivity contribution in [3.05, 3.63) is 39.2 Å². The average molecular weight is 347 g/mol. The SMILES string of the molecule is CCCn1nc(C)c(Cl)c1[C@@H]1C(C#N)=C(N)OC2=C1C(=O)CCC2. The van der Waals surface area contributed by atoms with E-state index >= 15 is 0 Å². The van der Waals surface area contributed by atoms with Gasteiger partial charge in [-0.25, -0.2) is 0 Å². The molecule has 0 saturated heterocycles. The maximum Gasteiger partial charge on any atom is 0.205 e. The predicted octanol–water partition coefficient (Wildman–Crippen LogP) is 3.07. The van der Waals surface area contributed by atoms with E-state index < -0.39 is 5.92 Å². The highest BCUT2D eigenvalue weighted by Crippen LogP contribution is 2.45. The Morgan fingerprint density at radius 1 is 1.50 bits per heavy atom. The first-order valence-corrected chi connectivity index (χ1v) is 8.44. The number of ketones is 1. The van der Waals surface area contributed by atoms with E-state index in [0.717, 1.165) is 12.8 Å². The summed E-state index contributed by atoms with van der Waals surface area (Å²) in [5.74, 6) is -0.00842. The Hall–Kier alpha value is -2.26. The largest absolute Gasteiger partial charge is 0.444 e. The Bertz CT molecular complexity index is 813. The zero-order valence-corrected chi connectivity index (χ0v) is 14.5. The summed E-state index contributed by atoms with van der Waals surface area (Å²) in [5, 5.41) is 14.6. The number of ether oxygens (including phenoxy) is 1. The Labute approximate surface area is 145 Å². The first kappa shape index (κ1) is 16.6. The van der Waals surface area contributed by atoms with Gasteiger partial charge in [-0.2, -0.15) is 10.4 Å². The van der Waals surface area contributed by atoms with Gasteiger partial charge in [0.25, 0.3) is 0 Å². The highest BCUT2D eigenvalue weighted by atomic mass is 35.5. The van der Waals surface area contributed by atoms with Crippen molar-refractivity contribution in [3.63, 3.8) is 0 Å². The van der Waals surface area contributed by atoms with Gasteiger partial charge in [0.05, 0.1) is 22.3 Å². The van der Waals surface area contributed by atoms with Crippen LogP contribution in [-0.4, -0.2) is 15.6 Å². The van der Waals surface area contributed by atoms with E-state index in [1.165, 1.54) is 0 Å². The van der Waals surface area contributed by atoms with Crippen LogP contribution in [0, 0.1) is 18.3 Å². The number of allylic oxidation sites excluding steroid dienone is 3. The van der Waals surface area contributed by atoms with E-state index in [1.807, 2.05) is 13.8 Å². The molecule has 0 aromatic carbocycles. The molecule has 1 aromatic heterocycles. The van der Waals surface area contributed by atoms with Crippen molar-refractivity contribution in [3.8, 4) is 6.07 Å². The van der Waals surface area contributed by atoms with Crippen molar-refractivity contribution in [2.45, 2.75) is 52.0 Å². The number of hydrogen-bond donors (Lipinski definition) is 1. The number of hydrogen-bond acceptors (Lipinski definition) is 5. The number of nitrogens with zero attached hydrogens (tertiary/aromatic N) is 3. The Kier molecular flexibility index (Phi) is 4.37. The topological polar surface area (TPSA) is 93.9 Å². The smallest absolute Gasteiger partial charge is 0.205 e. The van der Waals surface area contributed by atoms with Crippen molar-refractivity contribution >= 4 is 17.4 Å². The molecule has 0 bridgehead atoms. The second kappa shape index (κ2) is 6.33. The van der Waals surface area contributed by atoms with E-state index in [-0.39, 0.29) is 17.2 Å². The summed E-state index contributed by atoms with van der Waals surface area (Å²) >= 11 is 6.50. The average Bonchev–Trinajstić information content (AvgIpc) is 2.81. The van der Waals surface area contributed by atoms with E-state index in [4.69, 9.17) is 22.1 Å². The third-order valence-electron chi connectivity index (χ3n) is 4.41. The van der Waals surface area contributed by atoms with Gasteiger partial charge >= 0.3 is 0 Å². The lowest BCUT2D eigenvalue weighted by Crippen LogP contribution is -2.29. The Morgan fingerprint density at radius 2 is 2.25 bits per heavy atom. The highest BCUT2D eigenvalue weighted by molar-refractivity contribution is 6.32. The molecule has 0 radical (unpaired) electrons. The predicted molar refractivity (Wildman–Crippen MR) is 88.8 cm³/mol. The minimum Gasteiger partial charge on any atom is -0.444 e. The second-order valence-corrected chi connectivity index (χ2v) is 6.42. The van der Waals surface area contributed by atoms with Crippen LogP contribution in [-0.2, 0) is 16.1 Å². The number of aromatic nitrogens is 2. The quantitative estimate of drug-likeness (QED) is 0.907. The van der Waals surface area contributed by atoms with Crippen LogP contribution >= 0.6 is 11.6 Å².